The Morgan fingerprint density at radius 1 is 1.10 bits per heavy atom. The summed E-state index contributed by atoms with van der Waals surface area (Å²) in [7, 11) is 0. The molecule has 0 saturated heterocycles. The van der Waals surface area contributed by atoms with Gasteiger partial charge in [-0.3, -0.25) is 21.5 Å². The highest BCUT2D eigenvalue weighted by Crippen LogP contribution is 2.21. The minimum Gasteiger partial charge on any atom is -0.494 e. The van der Waals surface area contributed by atoms with Crippen LogP contribution in [0.15, 0.2) is 97.5 Å². The van der Waals surface area contributed by atoms with Gasteiger partial charge in [0.2, 0.25) is 0 Å². The lowest BCUT2D eigenvalue weighted by molar-refractivity contribution is 0.0934. The number of nitrogens with zero attached hydrogens (tertiary/aromatic N) is 2. The lowest BCUT2D eigenvalue weighted by Gasteiger charge is -2.09. The van der Waals surface area contributed by atoms with E-state index >= 15 is 0 Å². The largest absolute Gasteiger partial charge is 0.494 e. The van der Waals surface area contributed by atoms with E-state index in [4.69, 9.17) is 10.6 Å². The van der Waals surface area contributed by atoms with Gasteiger partial charge < -0.3 is 4.74 Å². The average Bonchev–Trinajstić information content (AvgIpc) is 2.98. The predicted octanol–water partition coefficient (Wildman–Crippen LogP) is 5.19. The highest BCUT2D eigenvalue weighted by Gasteiger charge is 2.10. The second-order valence-electron chi connectivity index (χ2n) is 7.35. The summed E-state index contributed by atoms with van der Waals surface area (Å²) in [6, 6.07) is 15.5. The van der Waals surface area contributed by atoms with Gasteiger partial charge in [0.05, 0.1) is 24.1 Å². The summed E-state index contributed by atoms with van der Waals surface area (Å²) in [5.41, 5.74) is 10.1. The summed E-state index contributed by atoms with van der Waals surface area (Å²) in [6.45, 7) is 13.8. The molecule has 0 saturated carbocycles. The van der Waals surface area contributed by atoms with Crippen molar-refractivity contribution in [3.8, 4) is 17.0 Å². The first-order valence-electron chi connectivity index (χ1n) is 12.3. The monoisotopic (exact) mass is 538 g/mol. The Morgan fingerprint density at radius 3 is 2.38 bits per heavy atom. The molecule has 2 aromatic carbocycles. The zero-order valence-corrected chi connectivity index (χ0v) is 22.5. The molecular weight excluding hydrogens is 502 g/mol. The van der Waals surface area contributed by atoms with E-state index in [2.05, 4.69) is 39.6 Å². The first-order valence-corrected chi connectivity index (χ1v) is 12.3. The molecule has 3 rings (SSSR count). The summed E-state index contributed by atoms with van der Waals surface area (Å²) in [5, 5.41) is 7.92. The van der Waals surface area contributed by atoms with Crippen molar-refractivity contribution in [3.63, 3.8) is 0 Å². The van der Waals surface area contributed by atoms with Crippen LogP contribution in [0.3, 0.4) is 0 Å². The smallest absolute Gasteiger partial charge is 0.267 e. The van der Waals surface area contributed by atoms with Crippen molar-refractivity contribution in [3.05, 3.63) is 114 Å². The number of carbonyl (C=O) groups is 1. The number of nitrogens with one attached hydrogen (secondary N) is 3. The van der Waals surface area contributed by atoms with E-state index in [1.807, 2.05) is 45.0 Å². The molecule has 10 heteroatoms. The Kier molecular flexibility index (Phi) is 15.9. The van der Waals surface area contributed by atoms with Crippen molar-refractivity contribution in [2.45, 2.75) is 27.3 Å². The molecule has 3 aromatic rings. The van der Waals surface area contributed by atoms with Crippen LogP contribution in [-0.4, -0.2) is 29.3 Å². The van der Waals surface area contributed by atoms with Gasteiger partial charge >= 0.3 is 0 Å². The fraction of sp³-hybridized carbons (Fsp3) is 0.207. The molecule has 0 aliphatic carbocycles. The third-order valence-electron chi connectivity index (χ3n) is 4.84. The van der Waals surface area contributed by atoms with Crippen molar-refractivity contribution in [1.29, 1.82) is 0 Å². The number of aromatic nitrogens is 2. The SMILES string of the molecule is C=C/C(F)=C(\C=C)CNNC(=O)c1cnnc(-c2ccc(OCC)cc2)c1.CC.NNCc1ccccc1F. The van der Waals surface area contributed by atoms with E-state index in [0.29, 0.717) is 30.0 Å². The summed E-state index contributed by atoms with van der Waals surface area (Å²) in [6.07, 6.45) is 3.79. The summed E-state index contributed by atoms with van der Waals surface area (Å²) >= 11 is 0. The third kappa shape index (κ3) is 11.3. The number of carbonyl (C=O) groups excluding carboxylic acids is 1. The molecule has 0 spiro atoms. The van der Waals surface area contributed by atoms with E-state index < -0.39 is 11.7 Å². The Morgan fingerprint density at radius 2 is 1.79 bits per heavy atom. The zero-order valence-electron chi connectivity index (χ0n) is 22.5. The Labute approximate surface area is 228 Å². The summed E-state index contributed by atoms with van der Waals surface area (Å²) < 4.78 is 31.6. The van der Waals surface area contributed by atoms with Crippen LogP contribution in [0.5, 0.6) is 5.75 Å². The van der Waals surface area contributed by atoms with Gasteiger partial charge in [0.25, 0.3) is 5.91 Å². The lowest BCUT2D eigenvalue weighted by Crippen LogP contribution is -2.38. The highest BCUT2D eigenvalue weighted by atomic mass is 19.1. The lowest BCUT2D eigenvalue weighted by atomic mass is 10.1. The number of ether oxygens (including phenoxy) is 1. The molecule has 0 bridgehead atoms. The van der Waals surface area contributed by atoms with Crippen molar-refractivity contribution in [2.24, 2.45) is 5.84 Å². The van der Waals surface area contributed by atoms with Gasteiger partial charge in [0.1, 0.15) is 17.4 Å². The van der Waals surface area contributed by atoms with Crippen LogP contribution in [0, 0.1) is 5.82 Å². The molecule has 0 unspecified atom stereocenters. The molecule has 1 heterocycles. The molecule has 0 fully saturated rings. The van der Waals surface area contributed by atoms with E-state index in [1.54, 1.807) is 24.3 Å². The topological polar surface area (TPSA) is 114 Å². The van der Waals surface area contributed by atoms with Crippen LogP contribution < -0.4 is 26.9 Å². The normalized spacial score (nSPS) is 10.5. The average molecular weight is 539 g/mol. The van der Waals surface area contributed by atoms with Gasteiger partial charge in [-0.2, -0.15) is 10.2 Å². The number of hydrogen-bond acceptors (Lipinski definition) is 7. The minimum atomic E-state index is -0.505. The molecule has 5 N–H and O–H groups in total. The minimum absolute atomic E-state index is 0.0668. The molecule has 0 aliphatic rings. The number of halogens is 2. The maximum Gasteiger partial charge on any atom is 0.267 e. The number of rotatable bonds is 11. The Balaban J connectivity index is 0.000000528. The standard InChI is InChI=1S/C20H21FN4O2.C7H9FN2.C2H6/c1-4-14(18(21)5-2)12-23-25-20(26)16-11-19(24-22-13-16)15-7-9-17(10-8-15)27-6-3;8-7-4-2-1-3-6(7)5-10-9;1-2/h4-5,7-11,13,23H,1-2,6,12H2,3H3,(H,25,26);1-4,10H,5,9H2;1-2H3/b18-14-;;. The first kappa shape index (κ1) is 32.8. The Bertz CT molecular complexity index is 1220. The number of amides is 1. The fourth-order valence-corrected chi connectivity index (χ4v) is 2.95. The van der Waals surface area contributed by atoms with Gasteiger partial charge in [0.15, 0.2) is 0 Å². The number of hydrogen-bond donors (Lipinski definition) is 4. The summed E-state index contributed by atoms with van der Waals surface area (Å²) in [4.78, 5) is 12.3. The van der Waals surface area contributed by atoms with Crippen LogP contribution >= 0.6 is 0 Å². The number of nitrogens with two attached hydrogens (primary N) is 1. The van der Waals surface area contributed by atoms with Crippen molar-refractivity contribution in [1.82, 2.24) is 26.5 Å². The highest BCUT2D eigenvalue weighted by molar-refractivity contribution is 5.94. The third-order valence-corrected chi connectivity index (χ3v) is 4.84. The fourth-order valence-electron chi connectivity index (χ4n) is 2.95. The molecule has 39 heavy (non-hydrogen) atoms. The molecule has 0 radical (unpaired) electrons. The van der Waals surface area contributed by atoms with Gasteiger partial charge in [0, 0.05) is 29.8 Å². The molecule has 208 valence electrons. The van der Waals surface area contributed by atoms with Gasteiger partial charge in [-0.1, -0.05) is 51.3 Å². The van der Waals surface area contributed by atoms with E-state index in [1.165, 1.54) is 18.3 Å². The zero-order chi connectivity index (χ0) is 29.0. The van der Waals surface area contributed by atoms with Crippen molar-refractivity contribution >= 4 is 5.91 Å². The van der Waals surface area contributed by atoms with Crippen LogP contribution in [0.1, 0.15) is 36.7 Å². The maximum atomic E-state index is 13.5. The Hall–Kier alpha value is -4.25. The second kappa shape index (κ2) is 18.9. The van der Waals surface area contributed by atoms with Crippen LogP contribution in [-0.2, 0) is 6.54 Å². The van der Waals surface area contributed by atoms with Gasteiger partial charge in [-0.15, -0.1) is 0 Å². The summed E-state index contributed by atoms with van der Waals surface area (Å²) in [5.74, 6) is 4.62. The molecule has 1 aromatic heterocycles. The predicted molar refractivity (Wildman–Crippen MR) is 151 cm³/mol. The van der Waals surface area contributed by atoms with E-state index in [9.17, 15) is 13.6 Å². The molecule has 1 amide bonds. The van der Waals surface area contributed by atoms with E-state index in [-0.39, 0.29) is 17.9 Å². The number of hydrazine groups is 2. The maximum absolute atomic E-state index is 13.5. The number of benzene rings is 2. The van der Waals surface area contributed by atoms with Crippen molar-refractivity contribution < 1.29 is 18.3 Å². The molecule has 0 aliphatic heterocycles. The van der Waals surface area contributed by atoms with Gasteiger partial charge in [-0.25, -0.2) is 14.2 Å². The number of allylic oxidation sites excluding steroid dienone is 2. The van der Waals surface area contributed by atoms with Crippen LogP contribution in [0.2, 0.25) is 0 Å². The second-order valence-corrected chi connectivity index (χ2v) is 7.35. The molecule has 8 nitrogen and oxygen atoms in total. The molecule has 0 atom stereocenters. The first-order chi connectivity index (χ1) is 18.9. The van der Waals surface area contributed by atoms with E-state index in [0.717, 1.165) is 17.4 Å². The van der Waals surface area contributed by atoms with Crippen molar-refractivity contribution in [2.75, 3.05) is 13.2 Å². The quantitative estimate of drug-likeness (QED) is 0.151. The van der Waals surface area contributed by atoms with Gasteiger partial charge in [-0.05, 0) is 49.4 Å². The van der Waals surface area contributed by atoms with Crippen LogP contribution in [0.25, 0.3) is 11.3 Å². The molecular formula is C29H36F2N6O2. The van der Waals surface area contributed by atoms with Crippen LogP contribution in [0.4, 0.5) is 8.78 Å².